The second kappa shape index (κ2) is 10.3. The summed E-state index contributed by atoms with van der Waals surface area (Å²) in [5.74, 6) is -0.0104. The molecule has 4 rings (SSSR count). The first-order valence-electron chi connectivity index (χ1n) is 11.4. The lowest BCUT2D eigenvalue weighted by Crippen LogP contribution is -2.40. The summed E-state index contributed by atoms with van der Waals surface area (Å²) in [6.07, 6.45) is 1.60. The van der Waals surface area contributed by atoms with E-state index in [0.717, 1.165) is 11.3 Å². The lowest BCUT2D eigenvalue weighted by atomic mass is 9.95. The van der Waals surface area contributed by atoms with Gasteiger partial charge in [0.05, 0.1) is 33.9 Å². The molecular weight excluding hydrogens is 482 g/mol. The zero-order chi connectivity index (χ0) is 26.0. The topological polar surface area (TPSA) is 113 Å². The maximum absolute atomic E-state index is 13.7. The van der Waals surface area contributed by atoms with E-state index in [1.807, 2.05) is 25.1 Å². The minimum Gasteiger partial charge on any atom is -0.494 e. The van der Waals surface area contributed by atoms with Crippen LogP contribution < -0.4 is 19.6 Å². The van der Waals surface area contributed by atoms with Crippen molar-refractivity contribution in [3.63, 3.8) is 0 Å². The van der Waals surface area contributed by atoms with Crippen molar-refractivity contribution < 1.29 is 19.2 Å². The number of hydrogen-bond acceptors (Lipinski definition) is 8. The van der Waals surface area contributed by atoms with Crippen LogP contribution in [0.2, 0.25) is 0 Å². The number of nitro benzene ring substituents is 1. The molecule has 0 N–H and O–H groups in total. The van der Waals surface area contributed by atoms with Crippen molar-refractivity contribution in [2.75, 3.05) is 13.2 Å². The molecule has 2 heterocycles. The van der Waals surface area contributed by atoms with Crippen molar-refractivity contribution in [3.8, 4) is 5.75 Å². The van der Waals surface area contributed by atoms with E-state index in [0.29, 0.717) is 44.1 Å². The first-order valence-corrected chi connectivity index (χ1v) is 12.2. The molecule has 9 nitrogen and oxygen atoms in total. The standard InChI is InChI=1S/C26H25N3O6S/c1-5-34-20-10-8-7-9-18(20)23-22(25(31)35-6-2)16(4)27-26-28(23)24(30)21(36-26)14-17-12-11-15(3)19(13-17)29(32)33/h7-14,23H,5-6H2,1-4H3/b21-14-/t23-/m0/s1. The summed E-state index contributed by atoms with van der Waals surface area (Å²) >= 11 is 1.16. The molecule has 36 heavy (non-hydrogen) atoms. The molecule has 1 aromatic heterocycles. The molecule has 0 aliphatic carbocycles. The van der Waals surface area contributed by atoms with Crippen LogP contribution in [0.1, 0.15) is 43.5 Å². The van der Waals surface area contributed by atoms with Crippen molar-refractivity contribution in [3.05, 3.63) is 100 Å². The Labute approximate surface area is 210 Å². The summed E-state index contributed by atoms with van der Waals surface area (Å²) in [6, 6.07) is 11.2. The van der Waals surface area contributed by atoms with Crippen LogP contribution in [0, 0.1) is 17.0 Å². The number of hydrogen-bond donors (Lipinski definition) is 0. The maximum Gasteiger partial charge on any atom is 0.338 e. The smallest absolute Gasteiger partial charge is 0.338 e. The van der Waals surface area contributed by atoms with Gasteiger partial charge in [-0.1, -0.05) is 41.7 Å². The van der Waals surface area contributed by atoms with Crippen molar-refractivity contribution in [1.82, 2.24) is 4.57 Å². The third kappa shape index (κ3) is 4.59. The molecule has 0 bridgehead atoms. The van der Waals surface area contributed by atoms with Gasteiger partial charge in [-0.25, -0.2) is 9.79 Å². The number of aromatic nitrogens is 1. The van der Waals surface area contributed by atoms with Gasteiger partial charge in [-0.2, -0.15) is 0 Å². The molecule has 3 aromatic rings. The molecule has 0 saturated carbocycles. The van der Waals surface area contributed by atoms with Gasteiger partial charge in [-0.3, -0.25) is 19.5 Å². The third-order valence-corrected chi connectivity index (χ3v) is 6.74. The van der Waals surface area contributed by atoms with Crippen LogP contribution in [-0.4, -0.2) is 28.7 Å². The number of allylic oxidation sites excluding steroid dienone is 1. The Hall–Kier alpha value is -4.05. The number of carbonyl (C=O) groups is 1. The Morgan fingerprint density at radius 3 is 2.64 bits per heavy atom. The first kappa shape index (κ1) is 25.1. The monoisotopic (exact) mass is 507 g/mol. The maximum atomic E-state index is 13.7. The fraction of sp³-hybridized carbons (Fsp3) is 0.269. The predicted octanol–water partition coefficient (Wildman–Crippen LogP) is 3.41. The zero-order valence-electron chi connectivity index (χ0n) is 20.3. The fourth-order valence-corrected chi connectivity index (χ4v) is 5.19. The van der Waals surface area contributed by atoms with Crippen LogP contribution in [-0.2, 0) is 9.53 Å². The van der Waals surface area contributed by atoms with E-state index in [9.17, 15) is 19.7 Å². The van der Waals surface area contributed by atoms with E-state index in [1.54, 1.807) is 45.0 Å². The summed E-state index contributed by atoms with van der Waals surface area (Å²) in [4.78, 5) is 42.7. The fourth-order valence-electron chi connectivity index (χ4n) is 4.14. The van der Waals surface area contributed by atoms with Crippen LogP contribution in [0.15, 0.2) is 63.5 Å². The van der Waals surface area contributed by atoms with Gasteiger partial charge >= 0.3 is 5.97 Å². The first-order chi connectivity index (χ1) is 17.3. The average molecular weight is 508 g/mol. The third-order valence-electron chi connectivity index (χ3n) is 5.76. The van der Waals surface area contributed by atoms with Gasteiger partial charge in [0.25, 0.3) is 11.2 Å². The van der Waals surface area contributed by atoms with Gasteiger partial charge in [-0.15, -0.1) is 0 Å². The molecule has 1 atom stereocenters. The van der Waals surface area contributed by atoms with E-state index >= 15 is 0 Å². The highest BCUT2D eigenvalue weighted by Gasteiger charge is 2.35. The molecule has 1 aliphatic heterocycles. The summed E-state index contributed by atoms with van der Waals surface area (Å²) in [5, 5.41) is 11.4. The number of nitrogens with zero attached hydrogens (tertiary/aromatic N) is 3. The number of fused-ring (bicyclic) bond motifs is 1. The van der Waals surface area contributed by atoms with Gasteiger partial charge in [0.15, 0.2) is 4.80 Å². The lowest BCUT2D eigenvalue weighted by Gasteiger charge is -2.26. The SMILES string of the molecule is CCOC(=O)C1=C(C)N=c2s/c(=C\c3ccc(C)c([N+](=O)[O-])c3)c(=O)n2[C@H]1c1ccccc1OCC. The molecule has 10 heteroatoms. The minimum atomic E-state index is -0.808. The molecule has 0 saturated heterocycles. The van der Waals surface area contributed by atoms with Crippen LogP contribution in [0.3, 0.4) is 0 Å². The summed E-state index contributed by atoms with van der Waals surface area (Å²) < 4.78 is 13.0. The Morgan fingerprint density at radius 2 is 1.94 bits per heavy atom. The van der Waals surface area contributed by atoms with E-state index < -0.39 is 16.9 Å². The highest BCUT2D eigenvalue weighted by atomic mass is 32.1. The molecule has 0 amide bonds. The highest BCUT2D eigenvalue weighted by molar-refractivity contribution is 7.07. The van der Waals surface area contributed by atoms with E-state index in [-0.39, 0.29) is 23.4 Å². The normalized spacial score (nSPS) is 15.3. The number of rotatable bonds is 7. The van der Waals surface area contributed by atoms with Crippen LogP contribution in [0.25, 0.3) is 6.08 Å². The Bertz CT molecular complexity index is 1570. The van der Waals surface area contributed by atoms with E-state index in [2.05, 4.69) is 4.99 Å². The van der Waals surface area contributed by atoms with Crippen LogP contribution >= 0.6 is 11.3 Å². The van der Waals surface area contributed by atoms with Gasteiger partial charge in [0.2, 0.25) is 0 Å². The van der Waals surface area contributed by atoms with Crippen molar-refractivity contribution >= 4 is 29.1 Å². The number of benzene rings is 2. The van der Waals surface area contributed by atoms with Crippen molar-refractivity contribution in [2.45, 2.75) is 33.7 Å². The van der Waals surface area contributed by atoms with E-state index in [1.165, 1.54) is 10.6 Å². The average Bonchev–Trinajstić information content (AvgIpc) is 3.14. The van der Waals surface area contributed by atoms with Crippen LogP contribution in [0.5, 0.6) is 5.75 Å². The minimum absolute atomic E-state index is 0.0273. The number of aryl methyl sites for hydroxylation is 1. The molecular formula is C26H25N3O6S. The van der Waals surface area contributed by atoms with Gasteiger partial charge in [0, 0.05) is 17.2 Å². The number of thiazole rings is 1. The zero-order valence-corrected chi connectivity index (χ0v) is 21.1. The number of carbonyl (C=O) groups excluding carboxylic acids is 1. The molecule has 0 spiro atoms. The van der Waals surface area contributed by atoms with Gasteiger partial charge < -0.3 is 9.47 Å². The van der Waals surface area contributed by atoms with Gasteiger partial charge in [0.1, 0.15) is 11.8 Å². The summed E-state index contributed by atoms with van der Waals surface area (Å²) in [7, 11) is 0. The molecule has 0 fully saturated rings. The van der Waals surface area contributed by atoms with E-state index in [4.69, 9.17) is 9.47 Å². The molecule has 0 radical (unpaired) electrons. The molecule has 0 unspecified atom stereocenters. The number of ether oxygens (including phenoxy) is 2. The quantitative estimate of drug-likeness (QED) is 0.275. The largest absolute Gasteiger partial charge is 0.494 e. The summed E-state index contributed by atoms with van der Waals surface area (Å²) in [5.41, 5.74) is 1.99. The molecule has 2 aromatic carbocycles. The van der Waals surface area contributed by atoms with Crippen molar-refractivity contribution in [1.29, 1.82) is 0 Å². The highest BCUT2D eigenvalue weighted by Crippen LogP contribution is 2.35. The summed E-state index contributed by atoms with van der Waals surface area (Å²) in [6.45, 7) is 7.52. The predicted molar refractivity (Wildman–Crippen MR) is 136 cm³/mol. The second-order valence-electron chi connectivity index (χ2n) is 8.08. The number of esters is 1. The van der Waals surface area contributed by atoms with Crippen LogP contribution in [0.4, 0.5) is 5.69 Å². The van der Waals surface area contributed by atoms with Gasteiger partial charge in [-0.05, 0) is 45.4 Å². The Kier molecular flexibility index (Phi) is 7.16. The Morgan fingerprint density at radius 1 is 1.19 bits per heavy atom. The molecule has 186 valence electrons. The van der Waals surface area contributed by atoms with Crippen molar-refractivity contribution in [2.24, 2.45) is 4.99 Å². The number of nitro groups is 1. The Balaban J connectivity index is 1.97. The lowest BCUT2D eigenvalue weighted by molar-refractivity contribution is -0.385. The molecule has 1 aliphatic rings. The number of para-hydroxylation sites is 1. The second-order valence-corrected chi connectivity index (χ2v) is 9.09.